The molecule has 2 rings (SSSR count). The van der Waals surface area contributed by atoms with E-state index >= 15 is 0 Å². The molecule has 2 heteroatoms. The van der Waals surface area contributed by atoms with E-state index in [2.05, 4.69) is 22.0 Å². The summed E-state index contributed by atoms with van der Waals surface area (Å²) in [6.07, 6.45) is 3.11. The lowest BCUT2D eigenvalue weighted by molar-refractivity contribution is 1.30. The Morgan fingerprint density at radius 2 is 2.18 bits per heavy atom. The number of rotatable bonds is 0. The molecule has 56 valence electrons. The lowest BCUT2D eigenvalue weighted by Crippen LogP contribution is -1.80. The summed E-state index contributed by atoms with van der Waals surface area (Å²) in [6, 6.07) is 5.98. The molecule has 0 amide bonds. The molecule has 11 heavy (non-hydrogen) atoms. The maximum atomic E-state index is 5.83. The van der Waals surface area contributed by atoms with Gasteiger partial charge in [0.2, 0.25) is 0 Å². The van der Waals surface area contributed by atoms with Gasteiger partial charge < -0.3 is 0 Å². The van der Waals surface area contributed by atoms with Crippen LogP contribution in [-0.2, 0) is 6.42 Å². The van der Waals surface area contributed by atoms with Crippen molar-refractivity contribution in [2.75, 3.05) is 0 Å². The van der Waals surface area contributed by atoms with Crippen LogP contribution in [0.25, 0.3) is 6.08 Å². The van der Waals surface area contributed by atoms with Crippen molar-refractivity contribution in [3.63, 3.8) is 0 Å². The Balaban J connectivity index is 2.52. The summed E-state index contributed by atoms with van der Waals surface area (Å²) in [5, 5.41) is 0.819. The van der Waals surface area contributed by atoms with E-state index in [4.69, 9.17) is 11.6 Å². The average Bonchev–Trinajstić information content (AvgIpc) is 2.27. The predicted molar refractivity (Wildman–Crippen MR) is 52.1 cm³/mol. The first-order valence-corrected chi connectivity index (χ1v) is 4.57. The Morgan fingerprint density at radius 3 is 3.00 bits per heavy atom. The molecule has 1 aromatic carbocycles. The predicted octanol–water partition coefficient (Wildman–Crippen LogP) is 3.63. The molecule has 1 aromatic rings. The molecule has 0 saturated heterocycles. The fourth-order valence-electron chi connectivity index (χ4n) is 1.27. The molecule has 0 aromatic heterocycles. The van der Waals surface area contributed by atoms with Crippen LogP contribution < -0.4 is 0 Å². The zero-order chi connectivity index (χ0) is 7.84. The van der Waals surface area contributed by atoms with Crippen LogP contribution in [0.2, 0.25) is 5.02 Å². The summed E-state index contributed by atoms with van der Waals surface area (Å²) < 4.78 is 1.23. The van der Waals surface area contributed by atoms with Gasteiger partial charge in [-0.15, -0.1) is 0 Å². The largest absolute Gasteiger partial charge is 0.0843 e. The van der Waals surface area contributed by atoms with Gasteiger partial charge in [0.25, 0.3) is 0 Å². The molecule has 0 atom stereocenters. The van der Waals surface area contributed by atoms with Crippen molar-refractivity contribution >= 4 is 33.6 Å². The lowest BCUT2D eigenvalue weighted by atomic mass is 10.1. The normalized spacial score (nSPS) is 14.5. The van der Waals surface area contributed by atoms with Crippen LogP contribution in [0.1, 0.15) is 11.1 Å². The van der Waals surface area contributed by atoms with E-state index in [1.54, 1.807) is 0 Å². The van der Waals surface area contributed by atoms with Crippen LogP contribution >= 0.6 is 27.5 Å². The second-order valence-electron chi connectivity index (χ2n) is 2.61. The first kappa shape index (κ1) is 7.38. The average molecular weight is 230 g/mol. The van der Waals surface area contributed by atoms with Crippen molar-refractivity contribution in [1.82, 2.24) is 0 Å². The van der Waals surface area contributed by atoms with Crippen molar-refractivity contribution in [2.24, 2.45) is 0 Å². The van der Waals surface area contributed by atoms with Crippen molar-refractivity contribution in [3.8, 4) is 0 Å². The van der Waals surface area contributed by atoms with Gasteiger partial charge in [-0.05, 0) is 29.3 Å². The second kappa shape index (κ2) is 2.65. The molecular formula is C9H6BrCl. The van der Waals surface area contributed by atoms with E-state index in [9.17, 15) is 0 Å². The minimum absolute atomic E-state index is 0.819. The van der Waals surface area contributed by atoms with Gasteiger partial charge in [-0.3, -0.25) is 0 Å². The number of benzene rings is 1. The Morgan fingerprint density at radius 1 is 1.36 bits per heavy atom. The molecule has 0 bridgehead atoms. The summed E-state index contributed by atoms with van der Waals surface area (Å²) in [4.78, 5) is 0. The zero-order valence-electron chi connectivity index (χ0n) is 5.77. The van der Waals surface area contributed by atoms with Gasteiger partial charge in [0.15, 0.2) is 0 Å². The van der Waals surface area contributed by atoms with Crippen LogP contribution in [0.15, 0.2) is 22.7 Å². The Kier molecular flexibility index (Phi) is 1.78. The van der Waals surface area contributed by atoms with Crippen LogP contribution in [0.4, 0.5) is 0 Å². The monoisotopic (exact) mass is 228 g/mol. The van der Waals surface area contributed by atoms with Crippen LogP contribution in [0, 0.1) is 0 Å². The molecule has 0 heterocycles. The third-order valence-electron chi connectivity index (χ3n) is 1.78. The lowest BCUT2D eigenvalue weighted by Gasteiger charge is -1.96. The summed E-state index contributed by atoms with van der Waals surface area (Å²) in [7, 11) is 0. The Hall–Kier alpha value is -0.270. The minimum atomic E-state index is 0.819. The first-order valence-electron chi connectivity index (χ1n) is 3.40. The highest BCUT2D eigenvalue weighted by molar-refractivity contribution is 9.11. The molecular weight excluding hydrogens is 223 g/mol. The van der Waals surface area contributed by atoms with Crippen molar-refractivity contribution < 1.29 is 0 Å². The van der Waals surface area contributed by atoms with E-state index < -0.39 is 0 Å². The first-order chi connectivity index (χ1) is 5.25. The third-order valence-corrected chi connectivity index (χ3v) is 2.52. The molecule has 0 N–H and O–H groups in total. The van der Waals surface area contributed by atoms with Gasteiger partial charge in [0.05, 0.1) is 0 Å². The number of allylic oxidation sites excluding steroid dienone is 1. The molecule has 0 spiro atoms. The van der Waals surface area contributed by atoms with E-state index in [1.165, 1.54) is 15.6 Å². The van der Waals surface area contributed by atoms with E-state index in [0.29, 0.717) is 0 Å². The molecule has 0 nitrogen and oxygen atoms in total. The minimum Gasteiger partial charge on any atom is -0.0843 e. The van der Waals surface area contributed by atoms with E-state index in [-0.39, 0.29) is 0 Å². The fraction of sp³-hybridized carbons (Fsp3) is 0.111. The molecule has 0 radical (unpaired) electrons. The summed E-state index contributed by atoms with van der Waals surface area (Å²) in [5.41, 5.74) is 2.59. The van der Waals surface area contributed by atoms with Gasteiger partial charge >= 0.3 is 0 Å². The van der Waals surface area contributed by atoms with Crippen molar-refractivity contribution in [1.29, 1.82) is 0 Å². The third kappa shape index (κ3) is 1.35. The van der Waals surface area contributed by atoms with Gasteiger partial charge in [-0.25, -0.2) is 0 Å². The highest BCUT2D eigenvalue weighted by atomic mass is 79.9. The Labute approximate surface area is 79.0 Å². The summed E-state index contributed by atoms with van der Waals surface area (Å²) >= 11 is 9.29. The van der Waals surface area contributed by atoms with Gasteiger partial charge in [0, 0.05) is 15.9 Å². The second-order valence-corrected chi connectivity index (χ2v) is 4.07. The van der Waals surface area contributed by atoms with E-state index in [0.717, 1.165) is 11.4 Å². The number of hydrogen-bond acceptors (Lipinski definition) is 0. The molecule has 0 unspecified atom stereocenters. The van der Waals surface area contributed by atoms with Crippen molar-refractivity contribution in [2.45, 2.75) is 6.42 Å². The maximum absolute atomic E-state index is 5.83. The Bertz CT molecular complexity index is 328. The van der Waals surface area contributed by atoms with Crippen LogP contribution in [0.5, 0.6) is 0 Å². The molecule has 0 aliphatic heterocycles. The van der Waals surface area contributed by atoms with Crippen molar-refractivity contribution in [3.05, 3.63) is 38.8 Å². The maximum Gasteiger partial charge on any atom is 0.0409 e. The molecule has 1 aliphatic rings. The molecule has 1 aliphatic carbocycles. The standard InChI is InChI=1S/C9H6BrCl/c10-8-3-6-1-2-9(11)5-7(6)4-8/h1-3,5H,4H2. The quantitative estimate of drug-likeness (QED) is 0.637. The molecule has 0 saturated carbocycles. The van der Waals surface area contributed by atoms with Gasteiger partial charge in [0.1, 0.15) is 0 Å². The van der Waals surface area contributed by atoms with Gasteiger partial charge in [-0.1, -0.05) is 33.6 Å². The summed E-state index contributed by atoms with van der Waals surface area (Å²) in [6.45, 7) is 0. The van der Waals surface area contributed by atoms with Crippen LogP contribution in [0.3, 0.4) is 0 Å². The smallest absolute Gasteiger partial charge is 0.0409 e. The number of hydrogen-bond donors (Lipinski definition) is 0. The SMILES string of the molecule is Clc1ccc2c(c1)CC(Br)=C2. The van der Waals surface area contributed by atoms with E-state index in [1.807, 2.05) is 18.2 Å². The number of halogens is 2. The molecule has 0 fully saturated rings. The zero-order valence-corrected chi connectivity index (χ0v) is 8.11. The highest BCUT2D eigenvalue weighted by Crippen LogP contribution is 2.29. The van der Waals surface area contributed by atoms with Crippen LogP contribution in [-0.4, -0.2) is 0 Å². The topological polar surface area (TPSA) is 0 Å². The highest BCUT2D eigenvalue weighted by Gasteiger charge is 2.09. The van der Waals surface area contributed by atoms with Gasteiger partial charge in [-0.2, -0.15) is 0 Å². The fourth-order valence-corrected chi connectivity index (χ4v) is 2.01. The summed E-state index contributed by atoms with van der Waals surface area (Å²) in [5.74, 6) is 0. The number of fused-ring (bicyclic) bond motifs is 1.